The van der Waals surface area contributed by atoms with Crippen LogP contribution in [0.4, 0.5) is 13.2 Å². The summed E-state index contributed by atoms with van der Waals surface area (Å²) in [7, 11) is 1.50. The number of halogens is 3. The number of pyridine rings is 1. The van der Waals surface area contributed by atoms with Crippen LogP contribution in [0.1, 0.15) is 42.9 Å². The number of carboxylic acids is 1. The summed E-state index contributed by atoms with van der Waals surface area (Å²) in [5.74, 6) is 0.927. The number of para-hydroxylation sites is 1. The number of aromatic nitrogens is 1. The van der Waals surface area contributed by atoms with Gasteiger partial charge in [0.2, 0.25) is 5.88 Å². The van der Waals surface area contributed by atoms with Crippen molar-refractivity contribution in [1.29, 1.82) is 0 Å². The van der Waals surface area contributed by atoms with Crippen molar-refractivity contribution in [3.8, 4) is 28.9 Å². The average molecular weight is 534 g/mol. The van der Waals surface area contributed by atoms with E-state index in [9.17, 15) is 23.1 Å². The fourth-order valence-electron chi connectivity index (χ4n) is 3.62. The van der Waals surface area contributed by atoms with Gasteiger partial charge in [-0.05, 0) is 43.0 Å². The van der Waals surface area contributed by atoms with Gasteiger partial charge in [0.15, 0.2) is 11.5 Å². The van der Waals surface area contributed by atoms with E-state index in [1.807, 2.05) is 13.0 Å². The predicted octanol–water partition coefficient (Wildman–Crippen LogP) is 6.72. The molecule has 1 aromatic heterocycles. The van der Waals surface area contributed by atoms with Gasteiger partial charge in [0.05, 0.1) is 32.3 Å². The van der Waals surface area contributed by atoms with E-state index in [1.54, 1.807) is 30.3 Å². The zero-order valence-corrected chi connectivity index (χ0v) is 21.2. The Morgan fingerprint density at radius 2 is 1.76 bits per heavy atom. The van der Waals surface area contributed by atoms with Crippen molar-refractivity contribution in [3.05, 3.63) is 71.4 Å². The third-order valence-electron chi connectivity index (χ3n) is 5.54. The number of carbonyl (C=O) groups is 1. The molecule has 1 heterocycles. The molecule has 1 N–H and O–H groups in total. The molecule has 3 aromatic rings. The predicted molar refractivity (Wildman–Crippen MR) is 134 cm³/mol. The normalized spacial score (nSPS) is 11.2. The molecule has 0 radical (unpaired) electrons. The first kappa shape index (κ1) is 28.6. The van der Waals surface area contributed by atoms with Gasteiger partial charge >= 0.3 is 12.1 Å². The Balaban J connectivity index is 1.68. The maximum Gasteiger partial charge on any atom is 0.417 e. The van der Waals surface area contributed by atoms with Crippen LogP contribution in [-0.2, 0) is 23.8 Å². The molecule has 0 amide bonds. The van der Waals surface area contributed by atoms with Crippen molar-refractivity contribution in [2.75, 3.05) is 20.3 Å². The minimum absolute atomic E-state index is 0.0348. The highest BCUT2D eigenvalue weighted by Gasteiger charge is 2.30. The lowest BCUT2D eigenvalue weighted by atomic mass is 10.1. The zero-order valence-electron chi connectivity index (χ0n) is 21.2. The maximum atomic E-state index is 12.8. The Hall–Kier alpha value is -3.95. The number of aliphatic carboxylic acids is 1. The van der Waals surface area contributed by atoms with Crippen LogP contribution < -0.4 is 18.9 Å². The monoisotopic (exact) mass is 533 g/mol. The van der Waals surface area contributed by atoms with Gasteiger partial charge < -0.3 is 24.1 Å². The highest BCUT2D eigenvalue weighted by Crippen LogP contribution is 2.33. The standard InChI is InChI=1S/C28H30F3NO6/c1-3-4-14-36-24-17-22(38-25-13-11-21(18-32-25)28(29,30)31)12-10-19(24)8-6-15-37-27-20(16-26(33)34)7-5-9-23(27)35-2/h5,7,9-13,17-18H,3-4,6,8,14-16H2,1-2H3,(H,33,34). The first-order chi connectivity index (χ1) is 18.2. The van der Waals surface area contributed by atoms with E-state index in [-0.39, 0.29) is 12.3 Å². The molecule has 0 aliphatic heterocycles. The van der Waals surface area contributed by atoms with Crippen molar-refractivity contribution >= 4 is 5.97 Å². The Kier molecular flexibility index (Phi) is 10.2. The molecule has 2 aromatic carbocycles. The summed E-state index contributed by atoms with van der Waals surface area (Å²) >= 11 is 0. The lowest BCUT2D eigenvalue weighted by Gasteiger charge is -2.16. The van der Waals surface area contributed by atoms with Crippen molar-refractivity contribution < 1.29 is 42.0 Å². The number of unbranched alkanes of at least 4 members (excludes halogenated alkanes) is 1. The molecular formula is C28H30F3NO6. The highest BCUT2D eigenvalue weighted by atomic mass is 19.4. The Morgan fingerprint density at radius 3 is 2.42 bits per heavy atom. The van der Waals surface area contributed by atoms with Crippen molar-refractivity contribution in [2.24, 2.45) is 0 Å². The van der Waals surface area contributed by atoms with Gasteiger partial charge in [-0.15, -0.1) is 0 Å². The van der Waals surface area contributed by atoms with Crippen molar-refractivity contribution in [3.63, 3.8) is 0 Å². The second-order valence-electron chi connectivity index (χ2n) is 8.43. The maximum absolute atomic E-state index is 12.8. The fraction of sp³-hybridized carbons (Fsp3) is 0.357. The summed E-state index contributed by atoms with van der Waals surface area (Å²) in [6.07, 6.45) is -0.913. The van der Waals surface area contributed by atoms with Crippen LogP contribution in [0.15, 0.2) is 54.7 Å². The fourth-order valence-corrected chi connectivity index (χ4v) is 3.62. The summed E-state index contributed by atoms with van der Waals surface area (Å²) in [5.41, 5.74) is 0.580. The smallest absolute Gasteiger partial charge is 0.417 e. The zero-order chi connectivity index (χ0) is 27.5. The van der Waals surface area contributed by atoms with Crippen LogP contribution in [0.2, 0.25) is 0 Å². The number of carboxylic acid groups (broad SMARTS) is 1. The van der Waals surface area contributed by atoms with E-state index in [2.05, 4.69) is 4.98 Å². The molecule has 0 aliphatic rings. The van der Waals surface area contributed by atoms with E-state index in [4.69, 9.17) is 18.9 Å². The van der Waals surface area contributed by atoms with Crippen LogP contribution in [0.5, 0.6) is 28.9 Å². The molecule has 0 bridgehead atoms. The minimum Gasteiger partial charge on any atom is -0.493 e. The second-order valence-corrected chi connectivity index (χ2v) is 8.43. The number of nitrogens with zero attached hydrogens (tertiary/aromatic N) is 1. The molecule has 38 heavy (non-hydrogen) atoms. The molecule has 0 aliphatic carbocycles. The third kappa shape index (κ3) is 8.29. The largest absolute Gasteiger partial charge is 0.493 e. The topological polar surface area (TPSA) is 87.1 Å². The molecule has 10 heteroatoms. The molecule has 0 spiro atoms. The molecule has 0 saturated heterocycles. The lowest BCUT2D eigenvalue weighted by molar-refractivity contribution is -0.138. The SMILES string of the molecule is CCCCOc1cc(Oc2ccc(C(F)(F)F)cn2)ccc1CCCOc1c(CC(=O)O)cccc1OC. The Labute approximate surface area is 219 Å². The summed E-state index contributed by atoms with van der Waals surface area (Å²) in [5, 5.41) is 9.18. The number of methoxy groups -OCH3 is 1. The third-order valence-corrected chi connectivity index (χ3v) is 5.54. The molecular weight excluding hydrogens is 503 g/mol. The van der Waals surface area contributed by atoms with Crippen LogP contribution in [0, 0.1) is 0 Å². The van der Waals surface area contributed by atoms with Gasteiger partial charge in [0.25, 0.3) is 0 Å². The molecule has 0 atom stereocenters. The molecule has 0 fully saturated rings. The van der Waals surface area contributed by atoms with Crippen LogP contribution >= 0.6 is 0 Å². The first-order valence-corrected chi connectivity index (χ1v) is 12.2. The van der Waals surface area contributed by atoms with E-state index in [0.717, 1.165) is 30.7 Å². The quantitative estimate of drug-likeness (QED) is 0.230. The Bertz CT molecular complexity index is 1200. The number of aryl methyl sites for hydroxylation is 1. The molecule has 204 valence electrons. The van der Waals surface area contributed by atoms with Gasteiger partial charge in [0.1, 0.15) is 11.5 Å². The molecule has 0 unspecified atom stereocenters. The van der Waals surface area contributed by atoms with Gasteiger partial charge in [-0.2, -0.15) is 13.2 Å². The van der Waals surface area contributed by atoms with Crippen LogP contribution in [0.25, 0.3) is 0 Å². The van der Waals surface area contributed by atoms with Crippen molar-refractivity contribution in [1.82, 2.24) is 4.98 Å². The van der Waals surface area contributed by atoms with E-state index >= 15 is 0 Å². The number of rotatable bonds is 14. The van der Waals surface area contributed by atoms with Crippen molar-refractivity contribution in [2.45, 2.75) is 45.2 Å². The van der Waals surface area contributed by atoms with E-state index < -0.39 is 17.7 Å². The summed E-state index contributed by atoms with van der Waals surface area (Å²) in [4.78, 5) is 15.0. The number of hydrogen-bond donors (Lipinski definition) is 1. The number of benzene rings is 2. The number of hydrogen-bond acceptors (Lipinski definition) is 6. The first-order valence-electron chi connectivity index (χ1n) is 12.2. The van der Waals surface area contributed by atoms with Crippen LogP contribution in [0.3, 0.4) is 0 Å². The number of ether oxygens (including phenoxy) is 4. The molecule has 3 rings (SSSR count). The van der Waals surface area contributed by atoms with E-state index in [0.29, 0.717) is 54.6 Å². The summed E-state index contributed by atoms with van der Waals surface area (Å²) in [6, 6.07) is 12.4. The summed E-state index contributed by atoms with van der Waals surface area (Å²) < 4.78 is 61.2. The molecule has 0 saturated carbocycles. The van der Waals surface area contributed by atoms with Crippen LogP contribution in [-0.4, -0.2) is 36.4 Å². The minimum atomic E-state index is -4.47. The Morgan fingerprint density at radius 1 is 0.974 bits per heavy atom. The second kappa shape index (κ2) is 13.6. The average Bonchev–Trinajstić information content (AvgIpc) is 2.87. The van der Waals surface area contributed by atoms with Gasteiger partial charge in [-0.25, -0.2) is 4.98 Å². The summed E-state index contributed by atoms with van der Waals surface area (Å²) in [6.45, 7) is 2.87. The van der Waals surface area contributed by atoms with Gasteiger partial charge in [-0.1, -0.05) is 31.5 Å². The number of alkyl halides is 3. The highest BCUT2D eigenvalue weighted by molar-refractivity contribution is 5.72. The van der Waals surface area contributed by atoms with Gasteiger partial charge in [0, 0.05) is 23.9 Å². The van der Waals surface area contributed by atoms with Gasteiger partial charge in [-0.3, -0.25) is 4.79 Å². The lowest BCUT2D eigenvalue weighted by Crippen LogP contribution is -2.07. The molecule has 7 nitrogen and oxygen atoms in total. The van der Waals surface area contributed by atoms with E-state index in [1.165, 1.54) is 13.2 Å².